The Hall–Kier alpha value is -5.34. The molecule has 1 heterocycles. The number of fused-ring (bicyclic) bond motifs is 1. The number of likely N-dealkylation sites (N-methyl/N-ethyl adjacent to an activating group) is 1. The van der Waals surface area contributed by atoms with E-state index in [4.69, 9.17) is 0 Å². The highest BCUT2D eigenvalue weighted by atomic mass is 15.2. The van der Waals surface area contributed by atoms with Gasteiger partial charge in [0.2, 0.25) is 0 Å². The van der Waals surface area contributed by atoms with Crippen LogP contribution >= 0.6 is 0 Å². The lowest BCUT2D eigenvalue weighted by molar-refractivity contribution is 0.567. The predicted molar refractivity (Wildman–Crippen MR) is 211 cm³/mol. The lowest BCUT2D eigenvalue weighted by atomic mass is 9.71. The van der Waals surface area contributed by atoms with E-state index >= 15 is 0 Å². The lowest BCUT2D eigenvalue weighted by Crippen LogP contribution is -2.28. The van der Waals surface area contributed by atoms with E-state index < -0.39 is 0 Å². The van der Waals surface area contributed by atoms with Crippen molar-refractivity contribution in [2.75, 3.05) is 24.3 Å². The van der Waals surface area contributed by atoms with E-state index in [1.807, 2.05) is 19.2 Å². The molecule has 0 amide bonds. The summed E-state index contributed by atoms with van der Waals surface area (Å²) in [5.74, 6) is 0. The largest absolute Gasteiger partial charge is 0.388 e. The molecule has 4 aromatic rings. The number of nitrogens with one attached hydrogen (secondary N) is 1. The van der Waals surface area contributed by atoms with Crippen molar-refractivity contribution in [3.63, 3.8) is 0 Å². The smallest absolute Gasteiger partial charge is 0.0448 e. The fourth-order valence-electron chi connectivity index (χ4n) is 6.97. The molecule has 4 aromatic carbocycles. The molecule has 0 aromatic heterocycles. The standard InChI is InChI=1S/C46H48N2/c1-8-36-25-29-38(30-26-36)33-45(4,40-20-15-17-22-42(40)47-6)35(3)19-13-11-10-12-14-24-44-46(5,34-39-31-27-37(9-2)28-32-39)41-21-16-18-23-43(41)48(44)7/h8-32,47H,1-3,33-34H2,4-7H3/b11-10+,14-12+,19-13+,44-24+. The van der Waals surface area contributed by atoms with Gasteiger partial charge in [0.05, 0.1) is 0 Å². The van der Waals surface area contributed by atoms with Crippen molar-refractivity contribution in [3.8, 4) is 0 Å². The van der Waals surface area contributed by atoms with Crippen molar-refractivity contribution in [3.05, 3.63) is 204 Å². The highest BCUT2D eigenvalue weighted by molar-refractivity contribution is 5.71. The molecule has 2 nitrogen and oxygen atoms in total. The van der Waals surface area contributed by atoms with Gasteiger partial charge < -0.3 is 10.2 Å². The van der Waals surface area contributed by atoms with Crippen molar-refractivity contribution < 1.29 is 0 Å². The number of hydrogen-bond acceptors (Lipinski definition) is 2. The number of para-hydroxylation sites is 2. The van der Waals surface area contributed by atoms with Gasteiger partial charge in [-0.25, -0.2) is 0 Å². The molecule has 1 aliphatic rings. The topological polar surface area (TPSA) is 15.3 Å². The van der Waals surface area contributed by atoms with E-state index in [1.165, 1.54) is 33.6 Å². The Morgan fingerprint density at radius 3 is 2.02 bits per heavy atom. The third kappa shape index (κ3) is 7.14. The third-order valence-corrected chi connectivity index (χ3v) is 9.83. The average molecular weight is 629 g/mol. The second kappa shape index (κ2) is 15.0. The van der Waals surface area contributed by atoms with E-state index in [0.29, 0.717) is 0 Å². The van der Waals surface area contributed by atoms with Gasteiger partial charge in [0.25, 0.3) is 0 Å². The minimum Gasteiger partial charge on any atom is -0.388 e. The Kier molecular flexibility index (Phi) is 10.7. The lowest BCUT2D eigenvalue weighted by Gasteiger charge is -2.33. The van der Waals surface area contributed by atoms with Crippen LogP contribution in [0, 0.1) is 0 Å². The summed E-state index contributed by atoms with van der Waals surface area (Å²) in [6.07, 6.45) is 20.4. The van der Waals surface area contributed by atoms with E-state index in [9.17, 15) is 0 Å². The van der Waals surface area contributed by atoms with Crippen LogP contribution in [0.1, 0.15) is 47.2 Å². The Balaban J connectivity index is 1.35. The molecule has 48 heavy (non-hydrogen) atoms. The van der Waals surface area contributed by atoms with Gasteiger partial charge in [0.1, 0.15) is 0 Å². The summed E-state index contributed by atoms with van der Waals surface area (Å²) in [6, 6.07) is 34.6. The van der Waals surface area contributed by atoms with Gasteiger partial charge >= 0.3 is 0 Å². The van der Waals surface area contributed by atoms with Crippen LogP contribution in [-0.4, -0.2) is 14.1 Å². The van der Waals surface area contributed by atoms with Crippen LogP contribution in [0.2, 0.25) is 0 Å². The SMILES string of the molecule is C=Cc1ccc(CC(C)(C(=C)/C=C/C=C/C=C/C=C2/N(C)c3ccccc3C2(C)Cc2ccc(C=C)cc2)c2ccccc2NC)cc1. The van der Waals surface area contributed by atoms with Crippen LogP contribution in [0.5, 0.6) is 0 Å². The number of allylic oxidation sites excluding steroid dienone is 9. The number of nitrogens with zero attached hydrogens (tertiary/aromatic N) is 1. The second-order valence-corrected chi connectivity index (χ2v) is 13.0. The fourth-order valence-corrected chi connectivity index (χ4v) is 6.97. The van der Waals surface area contributed by atoms with Crippen molar-refractivity contribution in [2.24, 2.45) is 0 Å². The van der Waals surface area contributed by atoms with E-state index in [-0.39, 0.29) is 10.8 Å². The first-order valence-corrected chi connectivity index (χ1v) is 16.7. The van der Waals surface area contributed by atoms with Crippen LogP contribution in [0.15, 0.2) is 171 Å². The van der Waals surface area contributed by atoms with Crippen LogP contribution < -0.4 is 10.2 Å². The Morgan fingerprint density at radius 1 is 0.771 bits per heavy atom. The predicted octanol–water partition coefficient (Wildman–Crippen LogP) is 11.3. The molecule has 0 fully saturated rings. The molecule has 5 rings (SSSR count). The summed E-state index contributed by atoms with van der Waals surface area (Å²) in [7, 11) is 4.15. The van der Waals surface area contributed by atoms with Crippen molar-refractivity contribution >= 4 is 23.5 Å². The van der Waals surface area contributed by atoms with Gasteiger partial charge in [-0.3, -0.25) is 0 Å². The molecule has 2 unspecified atom stereocenters. The maximum atomic E-state index is 4.58. The number of anilines is 2. The minimum atomic E-state index is -0.307. The maximum absolute atomic E-state index is 4.58. The first-order chi connectivity index (χ1) is 23.2. The highest BCUT2D eigenvalue weighted by Gasteiger charge is 2.41. The quantitative estimate of drug-likeness (QED) is 0.148. The van der Waals surface area contributed by atoms with Gasteiger partial charge in [-0.05, 0) is 76.9 Å². The molecule has 0 saturated carbocycles. The normalized spacial score (nSPS) is 18.0. The van der Waals surface area contributed by atoms with Gasteiger partial charge in [-0.1, -0.05) is 160 Å². The maximum Gasteiger partial charge on any atom is 0.0448 e. The summed E-state index contributed by atoms with van der Waals surface area (Å²) in [6.45, 7) is 17.0. The monoisotopic (exact) mass is 628 g/mol. The van der Waals surface area contributed by atoms with Crippen LogP contribution in [0.4, 0.5) is 11.4 Å². The average Bonchev–Trinajstić information content (AvgIpc) is 3.33. The third-order valence-electron chi connectivity index (χ3n) is 9.83. The fraction of sp³-hybridized carbons (Fsp3) is 0.174. The molecule has 0 spiro atoms. The first kappa shape index (κ1) is 34.0. The molecule has 0 bridgehead atoms. The number of benzene rings is 4. The molecule has 0 aliphatic carbocycles. The Labute approximate surface area is 288 Å². The molecular weight excluding hydrogens is 581 g/mol. The Morgan fingerprint density at radius 2 is 1.35 bits per heavy atom. The zero-order valence-electron chi connectivity index (χ0n) is 28.9. The van der Waals surface area contributed by atoms with E-state index in [2.05, 4.69) is 190 Å². The van der Waals surface area contributed by atoms with Crippen molar-refractivity contribution in [1.29, 1.82) is 0 Å². The van der Waals surface area contributed by atoms with E-state index in [1.54, 1.807) is 0 Å². The van der Waals surface area contributed by atoms with Gasteiger partial charge in [0, 0.05) is 42.0 Å². The van der Waals surface area contributed by atoms with Crippen molar-refractivity contribution in [1.82, 2.24) is 0 Å². The zero-order chi connectivity index (χ0) is 34.1. The Bertz CT molecular complexity index is 1880. The number of hydrogen-bond donors (Lipinski definition) is 1. The summed E-state index contributed by atoms with van der Waals surface area (Å²) in [5, 5.41) is 3.39. The zero-order valence-corrected chi connectivity index (χ0v) is 28.9. The van der Waals surface area contributed by atoms with Crippen LogP contribution in [0.25, 0.3) is 12.2 Å². The second-order valence-electron chi connectivity index (χ2n) is 13.0. The molecule has 1 N–H and O–H groups in total. The summed E-state index contributed by atoms with van der Waals surface area (Å²) in [5.41, 5.74) is 11.7. The molecule has 0 radical (unpaired) electrons. The number of rotatable bonds is 13. The first-order valence-electron chi connectivity index (χ1n) is 16.7. The summed E-state index contributed by atoms with van der Waals surface area (Å²) < 4.78 is 0. The van der Waals surface area contributed by atoms with Gasteiger partial charge in [0.15, 0.2) is 0 Å². The molecule has 242 valence electrons. The van der Waals surface area contributed by atoms with Crippen molar-refractivity contribution in [2.45, 2.75) is 37.5 Å². The van der Waals surface area contributed by atoms with Gasteiger partial charge in [-0.2, -0.15) is 0 Å². The van der Waals surface area contributed by atoms with Gasteiger partial charge in [-0.15, -0.1) is 0 Å². The summed E-state index contributed by atoms with van der Waals surface area (Å²) >= 11 is 0. The molecular formula is C46H48N2. The van der Waals surface area contributed by atoms with Crippen LogP contribution in [0.3, 0.4) is 0 Å². The van der Waals surface area contributed by atoms with E-state index in [0.717, 1.165) is 35.2 Å². The highest BCUT2D eigenvalue weighted by Crippen LogP contribution is 2.49. The molecule has 0 saturated heterocycles. The molecule has 1 aliphatic heterocycles. The summed E-state index contributed by atoms with van der Waals surface area (Å²) in [4.78, 5) is 2.33. The van der Waals surface area contributed by atoms with Crippen LogP contribution in [-0.2, 0) is 23.7 Å². The minimum absolute atomic E-state index is 0.146. The molecule has 2 heteroatoms. The molecule has 2 atom stereocenters.